The number of ether oxygens (including phenoxy) is 1. The Hall–Kier alpha value is 0.0708. The Kier molecular flexibility index (Phi) is 11.1. The second kappa shape index (κ2) is 9.16. The summed E-state index contributed by atoms with van der Waals surface area (Å²) in [5.74, 6) is 0.499. The first-order valence-corrected chi connectivity index (χ1v) is 4.31. The largest absolute Gasteiger partial charge is 0.556 e. The van der Waals surface area contributed by atoms with Gasteiger partial charge in [-0.25, -0.2) is 0 Å². The molecule has 0 bridgehead atoms. The number of hydrogen-bond donors (Lipinski definition) is 0. The normalized spacial score (nSPS) is 9.67. The minimum atomic E-state index is 0. The summed E-state index contributed by atoms with van der Waals surface area (Å²) in [4.78, 5) is 10.1. The molecule has 0 aliphatic heterocycles. The van der Waals surface area contributed by atoms with Crippen molar-refractivity contribution in [3.63, 3.8) is 0 Å². The molecule has 0 atom stereocenters. The van der Waals surface area contributed by atoms with Gasteiger partial charge in [-0.15, -0.1) is 6.08 Å². The Morgan fingerprint density at radius 2 is 2.25 bits per heavy atom. The molecule has 3 radical (unpaired) electrons. The van der Waals surface area contributed by atoms with E-state index < -0.39 is 0 Å². The van der Waals surface area contributed by atoms with E-state index in [9.17, 15) is 4.79 Å². The molecular formula is C7H9O3SiY-. The summed E-state index contributed by atoms with van der Waals surface area (Å²) in [6.07, 6.45) is 2.98. The van der Waals surface area contributed by atoms with Gasteiger partial charge in [0.05, 0.1) is 7.11 Å². The topological polar surface area (TPSA) is 35.5 Å². The van der Waals surface area contributed by atoms with Gasteiger partial charge in [-0.2, -0.15) is 0 Å². The summed E-state index contributed by atoms with van der Waals surface area (Å²) in [6, 6.07) is 0. The Morgan fingerprint density at radius 3 is 2.58 bits per heavy atom. The van der Waals surface area contributed by atoms with E-state index in [1.807, 2.05) is 6.55 Å². The Balaban J connectivity index is 0. The molecule has 0 saturated carbocycles. The standard InChI is InChI=1S/C7H9O3Si.Y/c1-6(10-11-3)4-7(5-8)9-2;/h4H,1H2,2-3H3;/q-1;/b7-4-;. The van der Waals surface area contributed by atoms with Crippen LogP contribution in [0.2, 0.25) is 6.55 Å². The summed E-state index contributed by atoms with van der Waals surface area (Å²) in [5, 5.41) is 0. The average Bonchev–Trinajstić information content (AvgIpc) is 2.01. The third-order valence-electron chi connectivity index (χ3n) is 0.846. The molecule has 0 amide bonds. The van der Waals surface area contributed by atoms with Crippen LogP contribution < -0.4 is 0 Å². The molecule has 0 aromatic carbocycles. The van der Waals surface area contributed by atoms with Gasteiger partial charge in [0, 0.05) is 44.8 Å². The third kappa shape index (κ3) is 6.76. The number of methoxy groups -OCH3 is 1. The molecule has 5 heteroatoms. The maximum Gasteiger partial charge on any atom is 0.304 e. The summed E-state index contributed by atoms with van der Waals surface area (Å²) in [7, 11) is 1.70. The van der Waals surface area contributed by atoms with E-state index in [1.165, 1.54) is 13.2 Å². The van der Waals surface area contributed by atoms with E-state index >= 15 is 0 Å². The molecule has 0 fully saturated rings. The van der Waals surface area contributed by atoms with E-state index in [2.05, 4.69) is 11.3 Å². The van der Waals surface area contributed by atoms with Gasteiger partial charge in [0.25, 0.3) is 0 Å². The van der Waals surface area contributed by atoms with E-state index in [1.54, 1.807) is 6.29 Å². The summed E-state index contributed by atoms with van der Waals surface area (Å²) in [6.45, 7) is 5.39. The fourth-order valence-electron chi connectivity index (χ4n) is 0.437. The molecule has 0 saturated heterocycles. The van der Waals surface area contributed by atoms with Crippen molar-refractivity contribution in [2.24, 2.45) is 0 Å². The van der Waals surface area contributed by atoms with Crippen LogP contribution in [-0.2, 0) is 46.7 Å². The molecule has 0 aliphatic rings. The van der Waals surface area contributed by atoms with Crippen LogP contribution in [0.4, 0.5) is 0 Å². The number of hydrogen-bond acceptors (Lipinski definition) is 3. The maximum atomic E-state index is 10.1. The molecule has 0 aromatic rings. The van der Waals surface area contributed by atoms with Gasteiger partial charge in [-0.1, -0.05) is 6.58 Å². The predicted octanol–water partition coefficient (Wildman–Crippen LogP) is 0.821. The van der Waals surface area contributed by atoms with Gasteiger partial charge >= 0.3 is 9.76 Å². The van der Waals surface area contributed by atoms with E-state index in [0.29, 0.717) is 15.5 Å². The molecule has 12 heavy (non-hydrogen) atoms. The molecule has 0 unspecified atom stereocenters. The molecule has 0 aromatic heterocycles. The molecular weight excluding hydrogens is 249 g/mol. The van der Waals surface area contributed by atoms with Crippen LogP contribution in [0, 0.1) is 0 Å². The quantitative estimate of drug-likeness (QED) is 0.241. The van der Waals surface area contributed by atoms with Crippen molar-refractivity contribution in [1.29, 1.82) is 0 Å². The van der Waals surface area contributed by atoms with Crippen LogP contribution in [0.3, 0.4) is 0 Å². The van der Waals surface area contributed by atoms with Crippen LogP contribution in [0.5, 0.6) is 0 Å². The van der Waals surface area contributed by atoms with Gasteiger partial charge in [0.15, 0.2) is 0 Å². The second-order valence-corrected chi connectivity index (χ2v) is 2.20. The van der Waals surface area contributed by atoms with Crippen LogP contribution in [-0.4, -0.2) is 23.2 Å². The molecule has 0 N–H and O–H groups in total. The number of rotatable bonds is 5. The smallest absolute Gasteiger partial charge is 0.304 e. The molecule has 63 valence electrons. The first kappa shape index (κ1) is 14.6. The zero-order chi connectivity index (χ0) is 8.69. The fourth-order valence-corrected chi connectivity index (χ4v) is 0.758. The maximum absolute atomic E-state index is 10.1. The Morgan fingerprint density at radius 1 is 1.67 bits per heavy atom. The summed E-state index contributed by atoms with van der Waals surface area (Å²) >= 11 is 0. The van der Waals surface area contributed by atoms with E-state index in [0.717, 1.165) is 0 Å². The molecule has 3 nitrogen and oxygen atoms in total. The minimum Gasteiger partial charge on any atom is -0.556 e. The van der Waals surface area contributed by atoms with Crippen molar-refractivity contribution in [2.75, 3.05) is 7.11 Å². The van der Waals surface area contributed by atoms with Gasteiger partial charge in [0.2, 0.25) is 0 Å². The molecule has 0 aliphatic carbocycles. The van der Waals surface area contributed by atoms with Crippen LogP contribution in [0.15, 0.2) is 24.2 Å². The molecule has 0 spiro atoms. The summed E-state index contributed by atoms with van der Waals surface area (Å²) < 4.78 is 9.59. The van der Waals surface area contributed by atoms with Gasteiger partial charge in [-0.05, 0) is 12.3 Å². The second-order valence-electron chi connectivity index (χ2n) is 1.59. The summed E-state index contributed by atoms with van der Waals surface area (Å²) in [5.41, 5.74) is 0. The van der Waals surface area contributed by atoms with Crippen molar-refractivity contribution >= 4 is 16.0 Å². The number of carbonyl (C=O) groups excluding carboxylic acids is 1. The van der Waals surface area contributed by atoms with Gasteiger partial charge in [-0.3, -0.25) is 0 Å². The zero-order valence-corrected chi connectivity index (χ0v) is 10.9. The average molecular weight is 258 g/mol. The van der Waals surface area contributed by atoms with Crippen molar-refractivity contribution in [3.8, 4) is 0 Å². The van der Waals surface area contributed by atoms with Gasteiger partial charge in [0.1, 0.15) is 0 Å². The third-order valence-corrected chi connectivity index (χ3v) is 1.31. The number of allylic oxidation sites excluding steroid dienone is 2. The van der Waals surface area contributed by atoms with Crippen molar-refractivity contribution in [2.45, 2.75) is 6.55 Å². The molecule has 0 heterocycles. The first-order chi connectivity index (χ1) is 5.24. The van der Waals surface area contributed by atoms with E-state index in [4.69, 9.17) is 4.43 Å². The van der Waals surface area contributed by atoms with Gasteiger partial charge < -0.3 is 14.0 Å². The van der Waals surface area contributed by atoms with Crippen molar-refractivity contribution < 1.29 is 46.7 Å². The molecule has 0 rings (SSSR count). The SMILES string of the molecule is C=C(/C=C(/[C-]=O)OC)O[Si]C.[Y]. The first-order valence-electron chi connectivity index (χ1n) is 2.91. The zero-order valence-electron chi connectivity index (χ0n) is 7.09. The van der Waals surface area contributed by atoms with Crippen LogP contribution in [0.1, 0.15) is 0 Å². The van der Waals surface area contributed by atoms with E-state index in [-0.39, 0.29) is 38.5 Å². The van der Waals surface area contributed by atoms with Crippen molar-refractivity contribution in [3.05, 3.63) is 24.2 Å². The minimum absolute atomic E-state index is 0. The van der Waals surface area contributed by atoms with Crippen LogP contribution >= 0.6 is 0 Å². The van der Waals surface area contributed by atoms with Crippen LogP contribution in [0.25, 0.3) is 0 Å². The Labute approximate surface area is 100 Å². The van der Waals surface area contributed by atoms with Crippen molar-refractivity contribution in [1.82, 2.24) is 0 Å². The monoisotopic (exact) mass is 258 g/mol. The fraction of sp³-hybridized carbons (Fsp3) is 0.286. The Bertz CT molecular complexity index is 179. The predicted molar refractivity (Wildman–Crippen MR) is 42.6 cm³/mol.